The van der Waals surface area contributed by atoms with Gasteiger partial charge in [0.1, 0.15) is 30.7 Å². The highest BCUT2D eigenvalue weighted by Gasteiger charge is 2.46. The topological polar surface area (TPSA) is 286 Å². The zero-order valence-electron chi connectivity index (χ0n) is 44.4. The molecule has 0 saturated carbocycles. The van der Waals surface area contributed by atoms with Crippen LogP contribution < -0.4 is 11.4 Å². The number of carbonyl (C=O) groups is 2. The number of unbranched alkanes of at least 4 members (excludes halogenated alkanes) is 15. The fourth-order valence-corrected chi connectivity index (χ4v) is 10.1. The second-order valence-electron chi connectivity index (χ2n) is 19.4. The number of allylic oxidation sites excluding steroid dienone is 7. The molecule has 74 heavy (non-hydrogen) atoms. The first-order valence-electron chi connectivity index (χ1n) is 27.1. The number of hydrogen-bond donors (Lipinski definition) is 6. The smallest absolute Gasteiger partial charge is 0.462 e. The Morgan fingerprint density at radius 2 is 1.26 bits per heavy atom. The lowest BCUT2D eigenvalue weighted by Crippen LogP contribution is -2.36. The number of nitrogens with zero attached hydrogens (tertiary/aromatic N) is 2. The molecular weight excluding hydrogens is 997 g/mol. The summed E-state index contributed by atoms with van der Waals surface area (Å²) in [5, 5.41) is 30.7. The lowest BCUT2D eigenvalue weighted by Gasteiger charge is -2.21. The van der Waals surface area contributed by atoms with Crippen molar-refractivity contribution in [2.75, 3.05) is 25.6 Å². The Morgan fingerprint density at radius 3 is 1.82 bits per heavy atom. The first-order chi connectivity index (χ1) is 35.4. The average molecular weight is 1090 g/mol. The quantitative estimate of drug-likeness (QED) is 0.0153. The maximum atomic E-state index is 12.9. The minimum atomic E-state index is -5.45. The highest BCUT2D eigenvalue weighted by Crippen LogP contribution is 2.60. The monoisotopic (exact) mass is 1090 g/mol. The zero-order valence-corrected chi connectivity index (χ0v) is 46.2. The van der Waals surface area contributed by atoms with Crippen LogP contribution in [-0.2, 0) is 46.3 Å². The molecule has 0 amide bonds. The van der Waals surface area contributed by atoms with Crippen molar-refractivity contribution in [2.45, 2.75) is 224 Å². The molecule has 0 bridgehead atoms. The Bertz CT molecular complexity index is 1960. The molecule has 7 N–H and O–H groups in total. The number of nitrogen functional groups attached to an aromatic ring is 1. The van der Waals surface area contributed by atoms with E-state index in [4.69, 9.17) is 29.0 Å². The number of carbonyl (C=O) groups excluding carboxylic acids is 2. The Morgan fingerprint density at radius 1 is 0.730 bits per heavy atom. The molecule has 1 aromatic heterocycles. The third-order valence-corrected chi connectivity index (χ3v) is 14.8. The van der Waals surface area contributed by atoms with Gasteiger partial charge in [-0.1, -0.05) is 172 Å². The van der Waals surface area contributed by atoms with Crippen molar-refractivity contribution in [1.82, 2.24) is 9.55 Å². The molecule has 1 saturated heterocycles. The first kappa shape index (κ1) is 66.8. The van der Waals surface area contributed by atoms with Gasteiger partial charge in [-0.05, 0) is 63.4 Å². The van der Waals surface area contributed by atoms with E-state index in [0.29, 0.717) is 32.1 Å². The van der Waals surface area contributed by atoms with Crippen LogP contribution in [0, 0.1) is 5.92 Å². The second kappa shape index (κ2) is 40.0. The number of nitrogens with two attached hydrogens (primary N) is 1. The van der Waals surface area contributed by atoms with Gasteiger partial charge < -0.3 is 45.1 Å². The lowest BCUT2D eigenvalue weighted by atomic mass is 10.0. The summed E-state index contributed by atoms with van der Waals surface area (Å²) in [6.45, 7) is 4.25. The molecule has 0 aliphatic carbocycles. The molecule has 1 aromatic rings. The number of ether oxygens (including phenoxy) is 3. The first-order valence-corrected chi connectivity index (χ1v) is 30.1. The lowest BCUT2D eigenvalue weighted by molar-refractivity contribution is -0.161. The van der Waals surface area contributed by atoms with Crippen LogP contribution in [0.5, 0.6) is 0 Å². The summed E-state index contributed by atoms with van der Waals surface area (Å²) in [6.07, 6.45) is 34.0. The molecular formula is C53H91N3O16P2. The normalized spacial score (nSPS) is 19.7. The van der Waals surface area contributed by atoms with Gasteiger partial charge in [0.2, 0.25) is 0 Å². The predicted molar refractivity (Wildman–Crippen MR) is 285 cm³/mol. The van der Waals surface area contributed by atoms with Gasteiger partial charge in [-0.25, -0.2) is 13.9 Å². The molecule has 21 heteroatoms. The highest BCUT2D eigenvalue weighted by atomic mass is 31.3. The Hall–Kier alpha value is -3.32. The summed E-state index contributed by atoms with van der Waals surface area (Å²) in [6, 6.07) is 1.24. The average Bonchev–Trinajstić information content (AvgIpc) is 3.62. The van der Waals surface area contributed by atoms with E-state index in [-0.39, 0.29) is 24.8 Å². The molecule has 1 aliphatic rings. The van der Waals surface area contributed by atoms with Crippen LogP contribution in [0.4, 0.5) is 5.82 Å². The van der Waals surface area contributed by atoms with Crippen LogP contribution in [0.25, 0.3) is 0 Å². The fraction of sp³-hybridized carbons (Fsp3) is 0.736. The summed E-state index contributed by atoms with van der Waals surface area (Å²) in [7, 11) is -10.9. The van der Waals surface area contributed by atoms with E-state index in [2.05, 4.69) is 41.4 Å². The number of esters is 2. The molecule has 1 aliphatic heterocycles. The zero-order chi connectivity index (χ0) is 54.5. The van der Waals surface area contributed by atoms with E-state index in [1.165, 1.54) is 76.7 Å². The SMILES string of the molecule is CCCC(O)C/C=C\C/C=C\C/C=C\C/C=C\CCCC(=O)O[C@H](COC(=O)CCCCCCCCCCCCCCCCCC(C)C)COP(=O)(O)OP(=O)(O)OC[C@H]1O[C@@H](n2ccc(N)nc2=O)[C@H](O)[C@@H]1O. The van der Waals surface area contributed by atoms with Crippen molar-refractivity contribution in [2.24, 2.45) is 5.92 Å². The number of aliphatic hydroxyl groups excluding tert-OH is 3. The van der Waals surface area contributed by atoms with Crippen molar-refractivity contribution in [3.05, 3.63) is 71.4 Å². The Kier molecular flexibility index (Phi) is 36.1. The van der Waals surface area contributed by atoms with E-state index in [0.717, 1.165) is 68.0 Å². The van der Waals surface area contributed by atoms with Crippen molar-refractivity contribution < 1.29 is 71.4 Å². The van der Waals surface area contributed by atoms with Gasteiger partial charge in [0.25, 0.3) is 0 Å². The van der Waals surface area contributed by atoms with Crippen LogP contribution in [-0.4, -0.2) is 96.9 Å². The van der Waals surface area contributed by atoms with Gasteiger partial charge in [-0.3, -0.25) is 23.2 Å². The summed E-state index contributed by atoms with van der Waals surface area (Å²) in [4.78, 5) is 62.0. The number of aliphatic hydroxyl groups is 3. The molecule has 8 atom stereocenters. The number of phosphoric acid groups is 2. The molecule has 1 fully saturated rings. The molecule has 2 heterocycles. The van der Waals surface area contributed by atoms with Gasteiger partial charge >= 0.3 is 33.3 Å². The molecule has 424 valence electrons. The molecule has 2 rings (SSSR count). The minimum absolute atomic E-state index is 0.0404. The van der Waals surface area contributed by atoms with Gasteiger partial charge in [0.15, 0.2) is 12.3 Å². The van der Waals surface area contributed by atoms with Crippen LogP contribution in [0.3, 0.4) is 0 Å². The van der Waals surface area contributed by atoms with E-state index in [1.807, 2.05) is 37.3 Å². The van der Waals surface area contributed by atoms with Crippen molar-refractivity contribution in [3.63, 3.8) is 0 Å². The van der Waals surface area contributed by atoms with Gasteiger partial charge in [0, 0.05) is 19.0 Å². The molecule has 3 unspecified atom stereocenters. The molecule has 0 spiro atoms. The number of anilines is 1. The Labute approximate surface area is 440 Å². The van der Waals surface area contributed by atoms with Crippen LogP contribution in [0.1, 0.15) is 194 Å². The summed E-state index contributed by atoms with van der Waals surface area (Å²) in [5.41, 5.74) is 4.58. The summed E-state index contributed by atoms with van der Waals surface area (Å²) in [5.74, 6) is -0.583. The van der Waals surface area contributed by atoms with Crippen molar-refractivity contribution in [3.8, 4) is 0 Å². The standard InChI is InChI=1S/C53H91N3O16P2/c1-4-33-44(57)35-30-26-22-18-14-10-8-12-16-20-24-28-32-37-49(59)70-45(40-67-48(58)36-31-27-23-19-15-11-7-5-6-9-13-17-21-25-29-34-43(2)3)41-68-73(63,64)72-74(65,66)69-42-46-50(60)51(61)52(71-46)56-39-38-47(54)55-53(56)62/h8,12,14,18,20,24,26,30,38-39,43-46,50-52,57,60-61H,4-7,9-11,13,15-17,19,21-23,25,27-29,31-37,40-42H2,1-3H3,(H,63,64)(H,65,66)(H2,54,55,62)/b12-8-,18-14-,24-20-,30-26-/t44?,45-,46-,50-,51-,52-/m1/s1. The predicted octanol–water partition coefficient (Wildman–Crippen LogP) is 10.6. The van der Waals surface area contributed by atoms with E-state index >= 15 is 0 Å². The maximum absolute atomic E-state index is 12.9. The van der Waals surface area contributed by atoms with Gasteiger partial charge in [-0.2, -0.15) is 9.29 Å². The Balaban J connectivity index is 1.80. The van der Waals surface area contributed by atoms with Crippen LogP contribution >= 0.6 is 15.6 Å². The molecule has 0 aromatic carbocycles. The van der Waals surface area contributed by atoms with Crippen molar-refractivity contribution >= 4 is 33.4 Å². The number of rotatable bonds is 44. The molecule has 19 nitrogen and oxygen atoms in total. The number of aromatic nitrogens is 2. The third-order valence-electron chi connectivity index (χ3n) is 12.2. The third kappa shape index (κ3) is 33.0. The maximum Gasteiger partial charge on any atom is 0.481 e. The fourth-order valence-electron chi connectivity index (χ4n) is 7.98. The number of hydrogen-bond acceptors (Lipinski definition) is 16. The van der Waals surface area contributed by atoms with Crippen molar-refractivity contribution in [1.29, 1.82) is 0 Å². The summed E-state index contributed by atoms with van der Waals surface area (Å²) >= 11 is 0. The van der Waals surface area contributed by atoms with E-state index in [9.17, 15) is 48.6 Å². The summed E-state index contributed by atoms with van der Waals surface area (Å²) < 4.78 is 56.8. The van der Waals surface area contributed by atoms with Gasteiger partial charge in [-0.15, -0.1) is 0 Å². The van der Waals surface area contributed by atoms with E-state index < -0.39 is 83.7 Å². The highest BCUT2D eigenvalue weighted by molar-refractivity contribution is 7.61. The van der Waals surface area contributed by atoms with Gasteiger partial charge in [0.05, 0.1) is 19.3 Å². The van der Waals surface area contributed by atoms with Crippen LogP contribution in [0.15, 0.2) is 65.7 Å². The van der Waals surface area contributed by atoms with Crippen LogP contribution in [0.2, 0.25) is 0 Å². The largest absolute Gasteiger partial charge is 0.481 e. The minimum Gasteiger partial charge on any atom is -0.462 e. The second-order valence-corrected chi connectivity index (χ2v) is 22.4. The number of phosphoric ester groups is 2. The molecule has 0 radical (unpaired) electrons. The van der Waals surface area contributed by atoms with E-state index in [1.54, 1.807) is 0 Å².